The van der Waals surface area contributed by atoms with Crippen LogP contribution < -0.4 is 14.8 Å². The summed E-state index contributed by atoms with van der Waals surface area (Å²) in [5.41, 5.74) is 1.32. The Morgan fingerprint density at radius 2 is 1.86 bits per heavy atom. The lowest BCUT2D eigenvalue weighted by Crippen LogP contribution is -2.19. The number of ether oxygens (including phenoxy) is 2. The molecular formula is C17H25NO2S. The molecule has 1 N–H and O–H groups in total. The molecule has 0 saturated heterocycles. The Balaban J connectivity index is 1.56. The van der Waals surface area contributed by atoms with Gasteiger partial charge >= 0.3 is 0 Å². The maximum absolute atomic E-state index is 5.69. The summed E-state index contributed by atoms with van der Waals surface area (Å²) in [6, 6.07) is 4.26. The summed E-state index contributed by atoms with van der Waals surface area (Å²) in [6.45, 7) is 3.34. The van der Waals surface area contributed by atoms with Gasteiger partial charge in [-0.05, 0) is 42.8 Å². The first kappa shape index (κ1) is 15.0. The average Bonchev–Trinajstić information content (AvgIpc) is 3.04. The van der Waals surface area contributed by atoms with Crippen LogP contribution in [0.25, 0.3) is 0 Å². The Hall–Kier alpha value is -0.870. The highest BCUT2D eigenvalue weighted by atomic mass is 32.2. The van der Waals surface area contributed by atoms with Crippen LogP contribution in [0, 0.1) is 5.92 Å². The van der Waals surface area contributed by atoms with Crippen LogP contribution in [-0.4, -0.2) is 26.0 Å². The predicted molar refractivity (Wildman–Crippen MR) is 87.5 cm³/mol. The van der Waals surface area contributed by atoms with E-state index in [4.69, 9.17) is 9.47 Å². The van der Waals surface area contributed by atoms with Gasteiger partial charge in [0.05, 0.1) is 0 Å². The maximum Gasteiger partial charge on any atom is 0.162 e. The topological polar surface area (TPSA) is 30.5 Å². The lowest BCUT2D eigenvalue weighted by Gasteiger charge is -2.21. The highest BCUT2D eigenvalue weighted by Crippen LogP contribution is 2.36. The Bertz CT molecular complexity index is 472. The molecule has 3 nitrogen and oxygen atoms in total. The van der Waals surface area contributed by atoms with Gasteiger partial charge < -0.3 is 14.8 Å². The van der Waals surface area contributed by atoms with Gasteiger partial charge in [-0.2, -0.15) is 0 Å². The minimum atomic E-state index is 0.653. The summed E-state index contributed by atoms with van der Waals surface area (Å²) >= 11 is 1.78. The van der Waals surface area contributed by atoms with Crippen molar-refractivity contribution in [1.29, 1.82) is 0 Å². The van der Waals surface area contributed by atoms with Crippen molar-refractivity contribution in [3.63, 3.8) is 0 Å². The summed E-state index contributed by atoms with van der Waals surface area (Å²) in [5.74, 6) is 2.74. The Labute approximate surface area is 131 Å². The second-order valence-corrected chi connectivity index (χ2v) is 6.77. The molecule has 116 valence electrons. The molecule has 4 heteroatoms. The first-order chi connectivity index (χ1) is 10.4. The molecule has 1 heterocycles. The Morgan fingerprint density at radius 1 is 1.14 bits per heavy atom. The summed E-state index contributed by atoms with van der Waals surface area (Å²) in [5, 5.41) is 3.60. The minimum Gasteiger partial charge on any atom is -0.486 e. The number of benzene rings is 1. The molecule has 1 saturated carbocycles. The average molecular weight is 307 g/mol. The molecule has 0 spiro atoms. The third-order valence-corrected chi connectivity index (χ3v) is 5.28. The molecule has 1 aliphatic heterocycles. The van der Waals surface area contributed by atoms with Gasteiger partial charge in [0.25, 0.3) is 0 Å². The molecular weight excluding hydrogens is 282 g/mol. The van der Waals surface area contributed by atoms with Crippen LogP contribution >= 0.6 is 11.8 Å². The van der Waals surface area contributed by atoms with Gasteiger partial charge in [0.15, 0.2) is 11.5 Å². The second-order valence-electron chi connectivity index (χ2n) is 5.92. The van der Waals surface area contributed by atoms with Crippen molar-refractivity contribution in [2.75, 3.05) is 26.0 Å². The fraction of sp³-hybridized carbons (Fsp3) is 0.647. The van der Waals surface area contributed by atoms with Crippen molar-refractivity contribution in [2.45, 2.75) is 43.5 Å². The van der Waals surface area contributed by atoms with Crippen molar-refractivity contribution < 1.29 is 9.47 Å². The zero-order valence-electron chi connectivity index (χ0n) is 12.8. The molecule has 1 aromatic rings. The van der Waals surface area contributed by atoms with Gasteiger partial charge in [-0.25, -0.2) is 0 Å². The molecule has 0 bridgehead atoms. The smallest absolute Gasteiger partial charge is 0.162 e. The van der Waals surface area contributed by atoms with Crippen LogP contribution in [0.1, 0.15) is 37.7 Å². The largest absolute Gasteiger partial charge is 0.486 e. The van der Waals surface area contributed by atoms with E-state index in [-0.39, 0.29) is 0 Å². The third-order valence-electron chi connectivity index (χ3n) is 4.46. The number of thioether (sulfide) groups is 1. The molecule has 1 fully saturated rings. The predicted octanol–water partition coefficient (Wildman–Crippen LogP) is 3.85. The second kappa shape index (κ2) is 7.41. The monoisotopic (exact) mass is 307 g/mol. The van der Waals surface area contributed by atoms with Gasteiger partial charge in [0, 0.05) is 11.4 Å². The fourth-order valence-corrected chi connectivity index (χ4v) is 3.89. The number of hydrogen-bond donors (Lipinski definition) is 1. The minimum absolute atomic E-state index is 0.653. The van der Waals surface area contributed by atoms with Crippen LogP contribution in [-0.2, 0) is 6.54 Å². The van der Waals surface area contributed by atoms with Crippen LogP contribution in [0.15, 0.2) is 17.0 Å². The molecule has 1 aromatic carbocycles. The van der Waals surface area contributed by atoms with E-state index >= 15 is 0 Å². The van der Waals surface area contributed by atoms with Crippen molar-refractivity contribution in [2.24, 2.45) is 5.92 Å². The van der Waals surface area contributed by atoms with E-state index in [1.807, 2.05) is 0 Å². The number of nitrogens with one attached hydrogen (secondary N) is 1. The van der Waals surface area contributed by atoms with Crippen LogP contribution in [0.3, 0.4) is 0 Å². The maximum atomic E-state index is 5.69. The molecule has 3 rings (SSSR count). The van der Waals surface area contributed by atoms with E-state index in [1.165, 1.54) is 42.6 Å². The summed E-state index contributed by atoms with van der Waals surface area (Å²) in [7, 11) is 0. The quantitative estimate of drug-likeness (QED) is 0.639. The molecule has 0 aromatic heterocycles. The van der Waals surface area contributed by atoms with E-state index in [1.54, 1.807) is 11.8 Å². The van der Waals surface area contributed by atoms with Gasteiger partial charge in [-0.15, -0.1) is 11.8 Å². The first-order valence-electron chi connectivity index (χ1n) is 8.04. The van der Waals surface area contributed by atoms with E-state index in [0.717, 1.165) is 30.5 Å². The van der Waals surface area contributed by atoms with E-state index < -0.39 is 0 Å². The van der Waals surface area contributed by atoms with Gasteiger partial charge in [0.2, 0.25) is 0 Å². The van der Waals surface area contributed by atoms with E-state index in [9.17, 15) is 0 Å². The molecule has 0 amide bonds. The number of rotatable bonds is 6. The van der Waals surface area contributed by atoms with Crippen molar-refractivity contribution in [3.8, 4) is 11.5 Å². The van der Waals surface area contributed by atoms with E-state index in [0.29, 0.717) is 13.2 Å². The van der Waals surface area contributed by atoms with Crippen molar-refractivity contribution >= 4 is 11.8 Å². The van der Waals surface area contributed by atoms with E-state index in [2.05, 4.69) is 23.7 Å². The lowest BCUT2D eigenvalue weighted by molar-refractivity contribution is 0.171. The third kappa shape index (κ3) is 3.86. The summed E-state index contributed by atoms with van der Waals surface area (Å²) in [6.07, 6.45) is 9.17. The zero-order valence-corrected chi connectivity index (χ0v) is 13.6. The highest BCUT2D eigenvalue weighted by molar-refractivity contribution is 7.98. The molecule has 2 aliphatic rings. The molecule has 1 aliphatic carbocycles. The standard InChI is InChI=1S/C17H25NO2S/c1-21-17-11-16-15(19-8-9-20-16)10-14(17)12-18-7-6-13-4-2-3-5-13/h10-11,13,18H,2-9,12H2,1H3. The van der Waals surface area contributed by atoms with Gasteiger partial charge in [-0.3, -0.25) is 0 Å². The van der Waals surface area contributed by atoms with Crippen molar-refractivity contribution in [3.05, 3.63) is 17.7 Å². The normalized spacial score (nSPS) is 18.1. The fourth-order valence-electron chi connectivity index (χ4n) is 3.27. The highest BCUT2D eigenvalue weighted by Gasteiger charge is 2.16. The number of hydrogen-bond acceptors (Lipinski definition) is 4. The summed E-state index contributed by atoms with van der Waals surface area (Å²) in [4.78, 5) is 1.28. The van der Waals surface area contributed by atoms with Gasteiger partial charge in [0.1, 0.15) is 13.2 Å². The first-order valence-corrected chi connectivity index (χ1v) is 9.26. The molecule has 0 unspecified atom stereocenters. The molecule has 0 atom stereocenters. The summed E-state index contributed by atoms with van der Waals surface area (Å²) < 4.78 is 11.3. The Morgan fingerprint density at radius 3 is 2.57 bits per heavy atom. The number of fused-ring (bicyclic) bond motifs is 1. The Kier molecular flexibility index (Phi) is 5.31. The van der Waals surface area contributed by atoms with Crippen LogP contribution in [0.2, 0.25) is 0 Å². The molecule has 21 heavy (non-hydrogen) atoms. The van der Waals surface area contributed by atoms with Gasteiger partial charge in [-0.1, -0.05) is 25.7 Å². The SMILES string of the molecule is CSc1cc2c(cc1CNCCC1CCCC1)OCCO2. The van der Waals surface area contributed by atoms with Crippen molar-refractivity contribution in [1.82, 2.24) is 5.32 Å². The molecule has 0 radical (unpaired) electrons. The van der Waals surface area contributed by atoms with Crippen LogP contribution in [0.5, 0.6) is 11.5 Å². The lowest BCUT2D eigenvalue weighted by atomic mass is 10.0. The zero-order chi connectivity index (χ0) is 14.5. The van der Waals surface area contributed by atoms with Crippen LogP contribution in [0.4, 0.5) is 0 Å².